The number of halogens is 3. The van der Waals surface area contributed by atoms with E-state index in [-0.39, 0.29) is 48.2 Å². The second kappa shape index (κ2) is 6.21. The number of anilines is 1. The van der Waals surface area contributed by atoms with Crippen LogP contribution in [0.1, 0.15) is 11.1 Å². The fourth-order valence-corrected chi connectivity index (χ4v) is 3.83. The molecule has 136 valence electrons. The summed E-state index contributed by atoms with van der Waals surface area (Å²) in [6, 6.07) is 3.65. The van der Waals surface area contributed by atoms with Crippen LogP contribution in [0.15, 0.2) is 23.3 Å². The number of ether oxygens (including phenoxy) is 1. The molecule has 1 N–H and O–H groups in total. The lowest BCUT2D eigenvalue weighted by Crippen LogP contribution is -2.41. The van der Waals surface area contributed by atoms with Crippen molar-refractivity contribution in [2.75, 3.05) is 36.1 Å². The first-order valence-electron chi connectivity index (χ1n) is 7.32. The summed E-state index contributed by atoms with van der Waals surface area (Å²) in [5, 5.41) is 3.70. The molecular weight excluding hydrogens is 363 g/mol. The van der Waals surface area contributed by atoms with Crippen LogP contribution in [-0.4, -0.2) is 51.4 Å². The lowest BCUT2D eigenvalue weighted by atomic mass is 10.0. The standard InChI is InChI=1S/C14H14F3N3O4S/c15-14(16,17)10-7-9(11-8-24-13(21)19-18-11)1-2-12(10)20-3-5-25(22,23)6-4-20/h1-2,7H,3-6,8H2,(H,19,21). The third-order valence-corrected chi connectivity index (χ3v) is 5.55. The number of alkyl halides is 3. The molecule has 0 bridgehead atoms. The van der Waals surface area contributed by atoms with Crippen LogP contribution in [0.4, 0.5) is 23.7 Å². The van der Waals surface area contributed by atoms with Crippen molar-refractivity contribution in [3.8, 4) is 0 Å². The molecule has 0 spiro atoms. The first-order chi connectivity index (χ1) is 11.7. The van der Waals surface area contributed by atoms with Gasteiger partial charge in [-0.05, 0) is 12.1 Å². The van der Waals surface area contributed by atoms with Crippen LogP contribution >= 0.6 is 0 Å². The molecule has 0 aliphatic carbocycles. The number of hydrogen-bond acceptors (Lipinski definition) is 6. The van der Waals surface area contributed by atoms with Crippen LogP contribution in [0.3, 0.4) is 0 Å². The molecule has 2 aliphatic rings. The molecule has 7 nitrogen and oxygen atoms in total. The molecule has 1 amide bonds. The molecule has 2 heterocycles. The first kappa shape index (κ1) is 17.5. The van der Waals surface area contributed by atoms with Crippen molar-refractivity contribution in [1.29, 1.82) is 0 Å². The molecule has 11 heteroatoms. The highest BCUT2D eigenvalue weighted by atomic mass is 32.2. The Morgan fingerprint density at radius 2 is 1.88 bits per heavy atom. The summed E-state index contributed by atoms with van der Waals surface area (Å²) in [4.78, 5) is 12.3. The average Bonchev–Trinajstić information content (AvgIpc) is 2.54. The highest BCUT2D eigenvalue weighted by Crippen LogP contribution is 2.38. The Morgan fingerprint density at radius 3 is 2.44 bits per heavy atom. The molecule has 25 heavy (non-hydrogen) atoms. The molecular formula is C14H14F3N3O4S. The minimum absolute atomic E-state index is 0.00484. The molecule has 0 radical (unpaired) electrons. The molecule has 0 unspecified atom stereocenters. The Balaban J connectivity index is 1.95. The first-order valence-corrected chi connectivity index (χ1v) is 9.14. The quantitative estimate of drug-likeness (QED) is 0.841. The summed E-state index contributed by atoms with van der Waals surface area (Å²) in [5.41, 5.74) is 1.41. The van der Waals surface area contributed by atoms with E-state index in [0.29, 0.717) is 0 Å². The van der Waals surface area contributed by atoms with Gasteiger partial charge in [-0.15, -0.1) is 0 Å². The number of rotatable bonds is 2. The predicted molar refractivity (Wildman–Crippen MR) is 83.3 cm³/mol. The normalized spacial score (nSPS) is 20.5. The molecule has 0 atom stereocenters. The molecule has 2 aliphatic heterocycles. The van der Waals surface area contributed by atoms with Crippen molar-refractivity contribution in [2.45, 2.75) is 6.18 Å². The van der Waals surface area contributed by atoms with Gasteiger partial charge in [-0.2, -0.15) is 18.3 Å². The summed E-state index contributed by atoms with van der Waals surface area (Å²) >= 11 is 0. The van der Waals surface area contributed by atoms with E-state index in [0.717, 1.165) is 6.07 Å². The number of cyclic esters (lactones) is 1. The van der Waals surface area contributed by atoms with E-state index < -0.39 is 27.7 Å². The zero-order valence-corrected chi connectivity index (χ0v) is 13.7. The Labute approximate surface area is 141 Å². The Bertz CT molecular complexity index is 822. The monoisotopic (exact) mass is 377 g/mol. The Hall–Kier alpha value is -2.30. The molecule has 0 saturated carbocycles. The number of benzene rings is 1. The third kappa shape index (κ3) is 3.86. The smallest absolute Gasteiger partial charge is 0.428 e. The van der Waals surface area contributed by atoms with Crippen molar-refractivity contribution >= 4 is 27.3 Å². The number of nitrogens with one attached hydrogen (secondary N) is 1. The van der Waals surface area contributed by atoms with Crippen molar-refractivity contribution in [3.05, 3.63) is 29.3 Å². The highest BCUT2D eigenvalue weighted by Gasteiger charge is 2.36. The van der Waals surface area contributed by atoms with Gasteiger partial charge in [0.05, 0.1) is 17.1 Å². The second-order valence-electron chi connectivity index (χ2n) is 5.61. The van der Waals surface area contributed by atoms with Crippen LogP contribution in [0.5, 0.6) is 0 Å². The topological polar surface area (TPSA) is 88.1 Å². The number of carbonyl (C=O) groups is 1. The zero-order chi connectivity index (χ0) is 18.2. The number of hydrazone groups is 1. The summed E-state index contributed by atoms with van der Waals surface area (Å²) in [6.07, 6.45) is -5.40. The predicted octanol–water partition coefficient (Wildman–Crippen LogP) is 1.38. The number of amides is 1. The van der Waals surface area contributed by atoms with Gasteiger partial charge in [-0.1, -0.05) is 6.07 Å². The molecule has 3 rings (SSSR count). The van der Waals surface area contributed by atoms with Crippen molar-refractivity contribution in [2.24, 2.45) is 5.10 Å². The van der Waals surface area contributed by atoms with Crippen LogP contribution in [0, 0.1) is 0 Å². The second-order valence-corrected chi connectivity index (χ2v) is 7.92. The number of hydrogen-bond donors (Lipinski definition) is 1. The fraction of sp³-hybridized carbons (Fsp3) is 0.429. The largest absolute Gasteiger partial charge is 0.442 e. The van der Waals surface area contributed by atoms with E-state index >= 15 is 0 Å². The maximum Gasteiger partial charge on any atom is 0.428 e. The minimum atomic E-state index is -4.62. The number of carbonyl (C=O) groups excluding carboxylic acids is 1. The van der Waals surface area contributed by atoms with Crippen molar-refractivity contribution in [1.82, 2.24) is 5.43 Å². The van der Waals surface area contributed by atoms with Gasteiger partial charge in [0.1, 0.15) is 12.3 Å². The average molecular weight is 377 g/mol. The summed E-state index contributed by atoms with van der Waals surface area (Å²) < 4.78 is 68.1. The number of sulfone groups is 1. The van der Waals surface area contributed by atoms with Crippen LogP contribution in [0.2, 0.25) is 0 Å². The van der Waals surface area contributed by atoms with Gasteiger partial charge in [0, 0.05) is 24.3 Å². The molecule has 1 saturated heterocycles. The van der Waals surface area contributed by atoms with E-state index in [2.05, 4.69) is 5.10 Å². The summed E-state index contributed by atoms with van der Waals surface area (Å²) in [5.74, 6) is -0.364. The Kier molecular flexibility index (Phi) is 4.35. The van der Waals surface area contributed by atoms with Gasteiger partial charge in [0.2, 0.25) is 0 Å². The van der Waals surface area contributed by atoms with Gasteiger partial charge >= 0.3 is 12.3 Å². The summed E-state index contributed by atoms with van der Waals surface area (Å²) in [6.45, 7) is -0.222. The van der Waals surface area contributed by atoms with Crippen LogP contribution in [-0.2, 0) is 20.8 Å². The SMILES string of the molecule is O=C1NN=C(c2ccc(N3CCS(=O)(=O)CC3)c(C(F)(F)F)c2)CO1. The number of nitrogens with zero attached hydrogens (tertiary/aromatic N) is 2. The lowest BCUT2D eigenvalue weighted by Gasteiger charge is -2.31. The Morgan fingerprint density at radius 1 is 1.20 bits per heavy atom. The minimum Gasteiger partial charge on any atom is -0.442 e. The van der Waals surface area contributed by atoms with Crippen molar-refractivity contribution in [3.63, 3.8) is 0 Å². The van der Waals surface area contributed by atoms with E-state index in [1.807, 2.05) is 5.43 Å². The molecule has 1 aromatic rings. The third-order valence-electron chi connectivity index (χ3n) is 3.94. The lowest BCUT2D eigenvalue weighted by molar-refractivity contribution is -0.137. The van der Waals surface area contributed by atoms with Gasteiger partial charge in [0.25, 0.3) is 0 Å². The van der Waals surface area contributed by atoms with Crippen molar-refractivity contribution < 1.29 is 31.1 Å². The summed E-state index contributed by atoms with van der Waals surface area (Å²) in [7, 11) is -3.20. The van der Waals surface area contributed by atoms with Gasteiger partial charge in [0.15, 0.2) is 9.84 Å². The fourth-order valence-electron chi connectivity index (χ4n) is 2.63. The molecule has 0 aromatic heterocycles. The van der Waals surface area contributed by atoms with E-state index in [1.165, 1.54) is 17.0 Å². The van der Waals surface area contributed by atoms with Crippen LogP contribution < -0.4 is 10.3 Å². The van der Waals surface area contributed by atoms with Gasteiger partial charge in [-0.25, -0.2) is 18.6 Å². The highest BCUT2D eigenvalue weighted by molar-refractivity contribution is 7.91. The molecule has 1 fully saturated rings. The maximum absolute atomic E-state index is 13.5. The van der Waals surface area contributed by atoms with Crippen LogP contribution in [0.25, 0.3) is 0 Å². The van der Waals surface area contributed by atoms with E-state index in [9.17, 15) is 26.4 Å². The zero-order valence-electron chi connectivity index (χ0n) is 12.8. The van der Waals surface area contributed by atoms with E-state index in [1.54, 1.807) is 0 Å². The van der Waals surface area contributed by atoms with E-state index in [4.69, 9.17) is 4.74 Å². The maximum atomic E-state index is 13.5. The van der Waals surface area contributed by atoms with Gasteiger partial charge < -0.3 is 9.64 Å². The molecule has 1 aromatic carbocycles. The van der Waals surface area contributed by atoms with Gasteiger partial charge in [-0.3, -0.25) is 0 Å².